The number of benzene rings is 2. The van der Waals surface area contributed by atoms with E-state index in [9.17, 15) is 0 Å². The van der Waals surface area contributed by atoms with Crippen molar-refractivity contribution in [3.05, 3.63) is 89.9 Å². The molecule has 1 fully saturated rings. The fraction of sp³-hybridized carbons (Fsp3) is 0.333. The number of piperidine rings is 1. The fourth-order valence-corrected chi connectivity index (χ4v) is 4.98. The molecule has 1 aromatic heterocycles. The number of nitrogens with zero attached hydrogens (tertiary/aromatic N) is 4. The van der Waals surface area contributed by atoms with Crippen LogP contribution in [0.15, 0.2) is 73.2 Å². The molecule has 4 nitrogen and oxygen atoms in total. The molecule has 3 aromatic rings. The van der Waals surface area contributed by atoms with Gasteiger partial charge in [-0.1, -0.05) is 54.6 Å². The van der Waals surface area contributed by atoms with E-state index in [2.05, 4.69) is 74.4 Å². The molecule has 0 unspecified atom stereocenters. The van der Waals surface area contributed by atoms with Gasteiger partial charge in [-0.25, -0.2) is 4.98 Å². The average molecular weight is 371 g/mol. The third kappa shape index (κ3) is 3.29. The highest BCUT2D eigenvalue weighted by Gasteiger charge is 2.42. The summed E-state index contributed by atoms with van der Waals surface area (Å²) < 4.78 is 0. The van der Waals surface area contributed by atoms with Crippen molar-refractivity contribution in [2.75, 3.05) is 24.5 Å². The van der Waals surface area contributed by atoms with Crippen molar-refractivity contribution in [2.24, 2.45) is 0 Å². The summed E-state index contributed by atoms with van der Waals surface area (Å²) in [6.45, 7) is 5.26. The molecule has 0 saturated carbocycles. The fourth-order valence-electron chi connectivity index (χ4n) is 4.98. The van der Waals surface area contributed by atoms with Crippen molar-refractivity contribution in [3.8, 4) is 0 Å². The highest BCUT2D eigenvalue weighted by molar-refractivity contribution is 5.42. The van der Waals surface area contributed by atoms with E-state index >= 15 is 0 Å². The Labute approximate surface area is 166 Å². The van der Waals surface area contributed by atoms with Crippen LogP contribution in [-0.4, -0.2) is 34.5 Å². The molecule has 1 saturated heterocycles. The number of hydrogen-bond acceptors (Lipinski definition) is 4. The summed E-state index contributed by atoms with van der Waals surface area (Å²) >= 11 is 0. The Morgan fingerprint density at radius 2 is 1.68 bits per heavy atom. The summed E-state index contributed by atoms with van der Waals surface area (Å²) in [6, 6.07) is 19.9. The topological polar surface area (TPSA) is 32.3 Å². The second kappa shape index (κ2) is 7.36. The van der Waals surface area contributed by atoms with Gasteiger partial charge in [-0.05, 0) is 29.5 Å². The predicted octanol–water partition coefficient (Wildman–Crippen LogP) is 4.03. The monoisotopic (exact) mass is 370 g/mol. The first kappa shape index (κ1) is 17.4. The van der Waals surface area contributed by atoms with E-state index in [0.29, 0.717) is 0 Å². The maximum absolute atomic E-state index is 4.50. The van der Waals surface area contributed by atoms with Crippen LogP contribution in [0.4, 0.5) is 5.82 Å². The van der Waals surface area contributed by atoms with Gasteiger partial charge in [0.25, 0.3) is 0 Å². The standard InChI is InChI=1S/C24H26N4/c1-2-6-20(7-3-1)17-27-18-21-8-4-5-9-22(21)24(19-27)10-14-28(15-11-24)23-16-25-12-13-26-23/h1-9,12-13,16H,10-11,14-15,17-19H2. The number of rotatable bonds is 3. The van der Waals surface area contributed by atoms with Crippen LogP contribution >= 0.6 is 0 Å². The Kier molecular flexibility index (Phi) is 4.57. The first-order chi connectivity index (χ1) is 13.8. The van der Waals surface area contributed by atoms with E-state index in [-0.39, 0.29) is 5.41 Å². The van der Waals surface area contributed by atoms with Gasteiger partial charge < -0.3 is 4.90 Å². The van der Waals surface area contributed by atoms with Crippen molar-refractivity contribution < 1.29 is 0 Å². The van der Waals surface area contributed by atoms with Crippen LogP contribution in [-0.2, 0) is 18.5 Å². The second-order valence-corrected chi connectivity index (χ2v) is 8.12. The first-order valence-electron chi connectivity index (χ1n) is 10.2. The first-order valence-corrected chi connectivity index (χ1v) is 10.2. The highest BCUT2D eigenvalue weighted by atomic mass is 15.2. The van der Waals surface area contributed by atoms with Crippen LogP contribution in [0.3, 0.4) is 0 Å². The van der Waals surface area contributed by atoms with Gasteiger partial charge in [-0.15, -0.1) is 0 Å². The van der Waals surface area contributed by atoms with Crippen LogP contribution in [0.1, 0.15) is 29.5 Å². The zero-order chi connectivity index (χ0) is 18.8. The molecule has 0 atom stereocenters. The normalized spacial score (nSPS) is 18.8. The minimum absolute atomic E-state index is 0.238. The van der Waals surface area contributed by atoms with E-state index in [1.165, 1.54) is 11.1 Å². The summed E-state index contributed by atoms with van der Waals surface area (Å²) in [5.74, 6) is 1.00. The van der Waals surface area contributed by atoms with Gasteiger partial charge in [-0.3, -0.25) is 9.88 Å². The molecule has 1 spiro atoms. The molecule has 2 aliphatic heterocycles. The van der Waals surface area contributed by atoms with Gasteiger partial charge in [0, 0.05) is 50.5 Å². The molecule has 0 radical (unpaired) electrons. The largest absolute Gasteiger partial charge is 0.355 e. The summed E-state index contributed by atoms with van der Waals surface area (Å²) in [5.41, 5.74) is 4.70. The van der Waals surface area contributed by atoms with Crippen LogP contribution in [0, 0.1) is 0 Å². The lowest BCUT2D eigenvalue weighted by molar-refractivity contribution is 0.146. The predicted molar refractivity (Wildman–Crippen MR) is 112 cm³/mol. The van der Waals surface area contributed by atoms with Crippen LogP contribution in [0.25, 0.3) is 0 Å². The third-order valence-electron chi connectivity index (χ3n) is 6.35. The molecule has 142 valence electrons. The third-order valence-corrected chi connectivity index (χ3v) is 6.35. The van der Waals surface area contributed by atoms with Gasteiger partial charge in [0.2, 0.25) is 0 Å². The molecule has 3 heterocycles. The Morgan fingerprint density at radius 1 is 0.893 bits per heavy atom. The number of aromatic nitrogens is 2. The lowest BCUT2D eigenvalue weighted by Crippen LogP contribution is -2.52. The summed E-state index contributed by atoms with van der Waals surface area (Å²) in [6.07, 6.45) is 7.73. The zero-order valence-corrected chi connectivity index (χ0v) is 16.2. The molecule has 0 amide bonds. The van der Waals surface area contributed by atoms with Gasteiger partial charge in [0.15, 0.2) is 0 Å². The van der Waals surface area contributed by atoms with Crippen molar-refractivity contribution in [3.63, 3.8) is 0 Å². The van der Waals surface area contributed by atoms with Crippen molar-refractivity contribution >= 4 is 5.82 Å². The SMILES string of the molecule is c1ccc(CN2Cc3ccccc3C3(CCN(c4cnccn4)CC3)C2)cc1. The number of fused-ring (bicyclic) bond motifs is 2. The summed E-state index contributed by atoms with van der Waals surface area (Å²) in [4.78, 5) is 13.8. The molecule has 0 aliphatic carbocycles. The molecule has 4 heteroatoms. The van der Waals surface area contributed by atoms with Crippen LogP contribution in [0.2, 0.25) is 0 Å². The van der Waals surface area contributed by atoms with E-state index < -0.39 is 0 Å². The molecular formula is C24H26N4. The van der Waals surface area contributed by atoms with Gasteiger partial charge in [0.1, 0.15) is 5.82 Å². The summed E-state index contributed by atoms with van der Waals surface area (Å²) in [5, 5.41) is 0. The van der Waals surface area contributed by atoms with Crippen molar-refractivity contribution in [1.29, 1.82) is 0 Å². The molecule has 5 rings (SSSR count). The van der Waals surface area contributed by atoms with E-state index in [1.807, 2.05) is 6.20 Å². The average Bonchev–Trinajstić information content (AvgIpc) is 2.76. The van der Waals surface area contributed by atoms with E-state index in [0.717, 1.165) is 51.4 Å². The van der Waals surface area contributed by atoms with E-state index in [1.54, 1.807) is 18.0 Å². The minimum atomic E-state index is 0.238. The summed E-state index contributed by atoms with van der Waals surface area (Å²) in [7, 11) is 0. The smallest absolute Gasteiger partial charge is 0.147 e. The van der Waals surface area contributed by atoms with Crippen molar-refractivity contribution in [1.82, 2.24) is 14.9 Å². The van der Waals surface area contributed by atoms with Gasteiger partial charge >= 0.3 is 0 Å². The zero-order valence-electron chi connectivity index (χ0n) is 16.2. The highest BCUT2D eigenvalue weighted by Crippen LogP contribution is 2.42. The lowest BCUT2D eigenvalue weighted by atomic mass is 9.68. The quantitative estimate of drug-likeness (QED) is 0.697. The van der Waals surface area contributed by atoms with Gasteiger partial charge in [-0.2, -0.15) is 0 Å². The Balaban J connectivity index is 1.40. The minimum Gasteiger partial charge on any atom is -0.355 e. The number of hydrogen-bond donors (Lipinski definition) is 0. The molecule has 0 bridgehead atoms. The Hall–Kier alpha value is -2.72. The lowest BCUT2D eigenvalue weighted by Gasteiger charge is -2.49. The Morgan fingerprint density at radius 3 is 2.46 bits per heavy atom. The molecule has 2 aromatic carbocycles. The molecular weight excluding hydrogens is 344 g/mol. The molecule has 28 heavy (non-hydrogen) atoms. The van der Waals surface area contributed by atoms with Crippen molar-refractivity contribution in [2.45, 2.75) is 31.3 Å². The van der Waals surface area contributed by atoms with Crippen LogP contribution in [0.5, 0.6) is 0 Å². The number of anilines is 1. The van der Waals surface area contributed by atoms with Gasteiger partial charge in [0.05, 0.1) is 6.20 Å². The van der Waals surface area contributed by atoms with E-state index in [4.69, 9.17) is 0 Å². The van der Waals surface area contributed by atoms with Crippen LogP contribution < -0.4 is 4.90 Å². The second-order valence-electron chi connectivity index (χ2n) is 8.12. The molecule has 0 N–H and O–H groups in total. The maximum Gasteiger partial charge on any atom is 0.147 e. The molecule has 2 aliphatic rings. The maximum atomic E-state index is 4.50. The Bertz CT molecular complexity index is 918.